The SMILES string of the molecule is CCNC(C)(C#N)CC(C)Oc1cc(F)cc(F)c1. The maximum absolute atomic E-state index is 13.0. The molecule has 0 aromatic heterocycles. The van der Waals surface area contributed by atoms with Gasteiger partial charge in [-0.1, -0.05) is 6.92 Å². The summed E-state index contributed by atoms with van der Waals surface area (Å²) in [5.41, 5.74) is -0.722. The highest BCUT2D eigenvalue weighted by atomic mass is 19.1. The van der Waals surface area contributed by atoms with Crippen molar-refractivity contribution in [2.75, 3.05) is 6.54 Å². The van der Waals surface area contributed by atoms with Gasteiger partial charge in [0.15, 0.2) is 0 Å². The molecule has 0 saturated heterocycles. The summed E-state index contributed by atoms with van der Waals surface area (Å²) >= 11 is 0. The lowest BCUT2D eigenvalue weighted by atomic mass is 9.96. The van der Waals surface area contributed by atoms with E-state index in [0.717, 1.165) is 18.2 Å². The zero-order chi connectivity index (χ0) is 14.5. The maximum Gasteiger partial charge on any atom is 0.129 e. The Bertz CT molecular complexity index is 453. The van der Waals surface area contributed by atoms with E-state index in [1.165, 1.54) is 0 Å². The van der Waals surface area contributed by atoms with Crippen molar-refractivity contribution in [3.05, 3.63) is 29.8 Å². The van der Waals surface area contributed by atoms with E-state index in [0.29, 0.717) is 13.0 Å². The minimum absolute atomic E-state index is 0.127. The van der Waals surface area contributed by atoms with E-state index in [9.17, 15) is 8.78 Å². The Labute approximate surface area is 112 Å². The van der Waals surface area contributed by atoms with Crippen molar-refractivity contribution < 1.29 is 13.5 Å². The number of benzene rings is 1. The molecule has 1 rings (SSSR count). The topological polar surface area (TPSA) is 45.0 Å². The van der Waals surface area contributed by atoms with E-state index in [4.69, 9.17) is 10.00 Å². The first-order valence-electron chi connectivity index (χ1n) is 6.17. The normalized spacial score (nSPS) is 15.4. The average molecular weight is 268 g/mol. The molecule has 0 amide bonds. The number of hydrogen-bond acceptors (Lipinski definition) is 3. The lowest BCUT2D eigenvalue weighted by molar-refractivity contribution is 0.179. The maximum atomic E-state index is 13.0. The van der Waals surface area contributed by atoms with Crippen LogP contribution < -0.4 is 10.1 Å². The summed E-state index contributed by atoms with van der Waals surface area (Å²) in [5.74, 6) is -1.24. The van der Waals surface area contributed by atoms with Gasteiger partial charge in [-0.2, -0.15) is 5.26 Å². The van der Waals surface area contributed by atoms with Crippen molar-refractivity contribution >= 4 is 0 Å². The Hall–Kier alpha value is -1.67. The minimum atomic E-state index is -0.722. The lowest BCUT2D eigenvalue weighted by Crippen LogP contribution is -2.44. The number of halogens is 2. The van der Waals surface area contributed by atoms with Gasteiger partial charge in [-0.3, -0.25) is 5.32 Å². The Morgan fingerprint density at radius 3 is 2.42 bits per heavy atom. The third-order valence-electron chi connectivity index (χ3n) is 2.68. The first kappa shape index (κ1) is 15.4. The predicted octanol–water partition coefficient (Wildman–Crippen LogP) is 3.01. The van der Waals surface area contributed by atoms with E-state index >= 15 is 0 Å². The molecule has 3 nitrogen and oxygen atoms in total. The quantitative estimate of drug-likeness (QED) is 0.862. The molecule has 0 bridgehead atoms. The molecule has 2 unspecified atom stereocenters. The van der Waals surface area contributed by atoms with Crippen LogP contribution in [0.15, 0.2) is 18.2 Å². The summed E-state index contributed by atoms with van der Waals surface area (Å²) in [6.07, 6.45) is 0.0695. The van der Waals surface area contributed by atoms with Crippen LogP contribution in [0.3, 0.4) is 0 Å². The number of nitrogens with one attached hydrogen (secondary N) is 1. The predicted molar refractivity (Wildman–Crippen MR) is 68.8 cm³/mol. The largest absolute Gasteiger partial charge is 0.490 e. The fourth-order valence-electron chi connectivity index (χ4n) is 1.99. The molecule has 5 heteroatoms. The van der Waals surface area contributed by atoms with Crippen LogP contribution in [0.1, 0.15) is 27.2 Å². The van der Waals surface area contributed by atoms with Gasteiger partial charge in [0.2, 0.25) is 0 Å². The van der Waals surface area contributed by atoms with E-state index in [-0.39, 0.29) is 11.9 Å². The van der Waals surface area contributed by atoms with Crippen LogP contribution >= 0.6 is 0 Å². The van der Waals surface area contributed by atoms with Gasteiger partial charge in [0.25, 0.3) is 0 Å². The molecule has 1 aromatic rings. The molecule has 19 heavy (non-hydrogen) atoms. The molecule has 104 valence electrons. The second-order valence-electron chi connectivity index (χ2n) is 4.71. The summed E-state index contributed by atoms with van der Waals surface area (Å²) in [5, 5.41) is 12.2. The summed E-state index contributed by atoms with van der Waals surface area (Å²) in [6.45, 7) is 6.09. The molecule has 1 aromatic carbocycles. The Balaban J connectivity index is 2.69. The van der Waals surface area contributed by atoms with Crippen LogP contribution in [-0.4, -0.2) is 18.2 Å². The van der Waals surface area contributed by atoms with Gasteiger partial charge in [-0.05, 0) is 20.4 Å². The number of rotatable bonds is 6. The van der Waals surface area contributed by atoms with Gasteiger partial charge in [0.1, 0.15) is 22.9 Å². The first-order valence-corrected chi connectivity index (χ1v) is 6.17. The van der Waals surface area contributed by atoms with Crippen LogP contribution in [-0.2, 0) is 0 Å². The van der Waals surface area contributed by atoms with Crippen molar-refractivity contribution in [2.24, 2.45) is 0 Å². The number of nitrogens with zero attached hydrogens (tertiary/aromatic N) is 1. The van der Waals surface area contributed by atoms with Crippen LogP contribution in [0, 0.1) is 23.0 Å². The molecule has 0 aliphatic rings. The van der Waals surface area contributed by atoms with E-state index in [2.05, 4.69) is 11.4 Å². The number of nitriles is 1. The third-order valence-corrected chi connectivity index (χ3v) is 2.68. The van der Waals surface area contributed by atoms with Crippen molar-refractivity contribution in [1.82, 2.24) is 5.32 Å². The van der Waals surface area contributed by atoms with Crippen LogP contribution in [0.5, 0.6) is 5.75 Å². The smallest absolute Gasteiger partial charge is 0.129 e. The molecule has 0 radical (unpaired) electrons. The highest BCUT2D eigenvalue weighted by Gasteiger charge is 2.26. The fraction of sp³-hybridized carbons (Fsp3) is 0.500. The Kier molecular flexibility index (Phi) is 5.25. The summed E-state index contributed by atoms with van der Waals surface area (Å²) in [4.78, 5) is 0. The molecule has 0 aliphatic heterocycles. The van der Waals surface area contributed by atoms with Gasteiger partial charge < -0.3 is 4.74 Å². The zero-order valence-electron chi connectivity index (χ0n) is 11.3. The molecule has 0 aliphatic carbocycles. The third kappa shape index (κ3) is 4.84. The van der Waals surface area contributed by atoms with E-state index in [1.54, 1.807) is 13.8 Å². The fourth-order valence-corrected chi connectivity index (χ4v) is 1.99. The van der Waals surface area contributed by atoms with Crippen molar-refractivity contribution in [3.63, 3.8) is 0 Å². The average Bonchev–Trinajstić information content (AvgIpc) is 2.27. The van der Waals surface area contributed by atoms with Crippen molar-refractivity contribution in [2.45, 2.75) is 38.8 Å². The van der Waals surface area contributed by atoms with Crippen molar-refractivity contribution in [3.8, 4) is 11.8 Å². The summed E-state index contributed by atoms with van der Waals surface area (Å²) in [7, 11) is 0. The molecule has 0 fully saturated rings. The zero-order valence-corrected chi connectivity index (χ0v) is 11.3. The number of hydrogen-bond donors (Lipinski definition) is 1. The molecule has 2 atom stereocenters. The second-order valence-corrected chi connectivity index (χ2v) is 4.71. The lowest BCUT2D eigenvalue weighted by Gasteiger charge is -2.26. The second kappa shape index (κ2) is 6.48. The van der Waals surface area contributed by atoms with Gasteiger partial charge in [-0.15, -0.1) is 0 Å². The highest BCUT2D eigenvalue weighted by molar-refractivity contribution is 5.24. The monoisotopic (exact) mass is 268 g/mol. The van der Waals surface area contributed by atoms with Gasteiger partial charge in [0.05, 0.1) is 12.2 Å². The molecule has 0 spiro atoms. The minimum Gasteiger partial charge on any atom is -0.490 e. The molecule has 0 saturated carbocycles. The van der Waals surface area contributed by atoms with Gasteiger partial charge in [0, 0.05) is 24.6 Å². The molecule has 1 N–H and O–H groups in total. The van der Waals surface area contributed by atoms with Crippen LogP contribution in [0.2, 0.25) is 0 Å². The van der Waals surface area contributed by atoms with E-state index < -0.39 is 17.2 Å². The number of ether oxygens (including phenoxy) is 1. The molecular weight excluding hydrogens is 250 g/mol. The molecule has 0 heterocycles. The van der Waals surface area contributed by atoms with Gasteiger partial charge in [-0.25, -0.2) is 8.78 Å². The Morgan fingerprint density at radius 2 is 1.95 bits per heavy atom. The standard InChI is InChI=1S/C14H18F2N2O/c1-4-18-14(3,9-17)8-10(2)19-13-6-11(15)5-12(16)7-13/h5-7,10,18H,4,8H2,1-3H3. The van der Waals surface area contributed by atoms with Crippen LogP contribution in [0.4, 0.5) is 8.78 Å². The summed E-state index contributed by atoms with van der Waals surface area (Å²) < 4.78 is 31.5. The summed E-state index contributed by atoms with van der Waals surface area (Å²) in [6, 6.07) is 5.21. The first-order chi connectivity index (χ1) is 8.88. The Morgan fingerprint density at radius 1 is 1.37 bits per heavy atom. The highest BCUT2D eigenvalue weighted by Crippen LogP contribution is 2.20. The molecular formula is C14H18F2N2O. The van der Waals surface area contributed by atoms with Crippen LogP contribution in [0.25, 0.3) is 0 Å². The van der Waals surface area contributed by atoms with Gasteiger partial charge >= 0.3 is 0 Å². The van der Waals surface area contributed by atoms with E-state index in [1.807, 2.05) is 6.92 Å². The van der Waals surface area contributed by atoms with Crippen molar-refractivity contribution in [1.29, 1.82) is 5.26 Å².